The number of rotatable bonds is 7. The first kappa shape index (κ1) is 21.0. The number of nitrogens with zero attached hydrogens (tertiary/aromatic N) is 4. The van der Waals surface area contributed by atoms with E-state index in [1.165, 1.54) is 31.0 Å². The van der Waals surface area contributed by atoms with Crippen LogP contribution in [0.4, 0.5) is 0 Å². The van der Waals surface area contributed by atoms with Gasteiger partial charge in [-0.15, -0.1) is 10.2 Å². The molecule has 1 aliphatic carbocycles. The van der Waals surface area contributed by atoms with Gasteiger partial charge in [-0.05, 0) is 44.0 Å². The Kier molecular flexibility index (Phi) is 7.24. The monoisotopic (exact) mass is 422 g/mol. The third kappa shape index (κ3) is 5.20. The zero-order valence-electron chi connectivity index (χ0n) is 16.6. The van der Waals surface area contributed by atoms with Gasteiger partial charge in [0.2, 0.25) is 5.91 Å². The Balaban J connectivity index is 1.56. The highest BCUT2D eigenvalue weighted by Crippen LogP contribution is 2.27. The van der Waals surface area contributed by atoms with E-state index in [9.17, 15) is 4.79 Å². The summed E-state index contributed by atoms with van der Waals surface area (Å²) in [6, 6.07) is 7.56. The van der Waals surface area contributed by atoms with E-state index in [2.05, 4.69) is 10.2 Å². The van der Waals surface area contributed by atoms with Crippen LogP contribution in [0.2, 0.25) is 5.02 Å². The molecule has 152 valence electrons. The van der Waals surface area contributed by atoms with Crippen LogP contribution in [0.5, 0.6) is 5.75 Å². The zero-order chi connectivity index (χ0) is 20.1. The van der Waals surface area contributed by atoms with Crippen LogP contribution >= 0.6 is 23.4 Å². The Hall–Kier alpha value is -1.73. The van der Waals surface area contributed by atoms with E-state index in [0.29, 0.717) is 28.7 Å². The summed E-state index contributed by atoms with van der Waals surface area (Å²) in [4.78, 5) is 14.7. The van der Waals surface area contributed by atoms with Gasteiger partial charge in [-0.2, -0.15) is 0 Å². The molecule has 0 spiro atoms. The van der Waals surface area contributed by atoms with Crippen LogP contribution in [0.15, 0.2) is 29.4 Å². The number of thioether (sulfide) groups is 1. The van der Waals surface area contributed by atoms with E-state index in [4.69, 9.17) is 16.3 Å². The highest BCUT2D eigenvalue weighted by atomic mass is 35.5. The molecule has 0 bridgehead atoms. The van der Waals surface area contributed by atoms with Crippen molar-refractivity contribution >= 4 is 29.3 Å². The maximum Gasteiger partial charge on any atom is 0.235 e. The fraction of sp³-hybridized carbons (Fsp3) is 0.550. The van der Waals surface area contributed by atoms with Gasteiger partial charge in [0.05, 0.1) is 5.25 Å². The third-order valence-corrected chi connectivity index (χ3v) is 6.58. The van der Waals surface area contributed by atoms with Gasteiger partial charge in [0.15, 0.2) is 11.0 Å². The minimum absolute atomic E-state index is 0.152. The van der Waals surface area contributed by atoms with E-state index in [1.807, 2.05) is 42.6 Å². The molecule has 28 heavy (non-hydrogen) atoms. The van der Waals surface area contributed by atoms with E-state index < -0.39 is 0 Å². The van der Waals surface area contributed by atoms with Crippen molar-refractivity contribution < 1.29 is 9.53 Å². The van der Waals surface area contributed by atoms with Gasteiger partial charge in [-0.25, -0.2) is 0 Å². The number of hydrogen-bond acceptors (Lipinski definition) is 5. The molecule has 1 amide bonds. The number of amides is 1. The van der Waals surface area contributed by atoms with Crippen molar-refractivity contribution in [1.29, 1.82) is 0 Å². The van der Waals surface area contributed by atoms with Crippen molar-refractivity contribution in [2.75, 3.05) is 7.05 Å². The predicted octanol–water partition coefficient (Wildman–Crippen LogP) is 4.32. The SMILES string of the molecule is CC(Sc1nnc(COc2ccc(Cl)cc2)n1C)C(=O)N(C)C1CCCCC1. The van der Waals surface area contributed by atoms with E-state index in [-0.39, 0.29) is 11.2 Å². The molecule has 1 heterocycles. The molecule has 2 aromatic rings. The smallest absolute Gasteiger partial charge is 0.235 e. The molecule has 3 rings (SSSR count). The number of carbonyl (C=O) groups excluding carboxylic acids is 1. The Bertz CT molecular complexity index is 790. The average Bonchev–Trinajstić information content (AvgIpc) is 3.06. The van der Waals surface area contributed by atoms with Crippen molar-refractivity contribution in [2.24, 2.45) is 7.05 Å². The maximum absolute atomic E-state index is 12.8. The number of carbonyl (C=O) groups is 1. The standard InChI is InChI=1S/C20H27ClN4O2S/c1-14(19(26)24(2)16-7-5-4-6-8-16)28-20-23-22-18(25(20)3)13-27-17-11-9-15(21)10-12-17/h9-12,14,16H,4-8,13H2,1-3H3. The quantitative estimate of drug-likeness (QED) is 0.622. The van der Waals surface area contributed by atoms with Gasteiger partial charge < -0.3 is 14.2 Å². The maximum atomic E-state index is 12.8. The van der Waals surface area contributed by atoms with Crippen molar-refractivity contribution in [2.45, 2.75) is 62.1 Å². The molecule has 0 N–H and O–H groups in total. The van der Waals surface area contributed by atoms with Gasteiger partial charge in [0.1, 0.15) is 12.4 Å². The molecule has 1 aliphatic rings. The van der Waals surface area contributed by atoms with Gasteiger partial charge >= 0.3 is 0 Å². The predicted molar refractivity (Wildman–Crippen MR) is 112 cm³/mol. The molecule has 1 saturated carbocycles. The second-order valence-electron chi connectivity index (χ2n) is 7.20. The molecule has 1 unspecified atom stereocenters. The fourth-order valence-corrected chi connectivity index (χ4v) is 4.46. The number of ether oxygens (including phenoxy) is 1. The normalized spacial score (nSPS) is 16.0. The minimum atomic E-state index is -0.208. The van der Waals surface area contributed by atoms with Crippen molar-refractivity contribution in [3.8, 4) is 5.75 Å². The van der Waals surface area contributed by atoms with Gasteiger partial charge in [-0.1, -0.05) is 42.6 Å². The summed E-state index contributed by atoms with van der Waals surface area (Å²) < 4.78 is 7.62. The summed E-state index contributed by atoms with van der Waals surface area (Å²) >= 11 is 7.33. The number of aromatic nitrogens is 3. The summed E-state index contributed by atoms with van der Waals surface area (Å²) in [5.74, 6) is 1.58. The Morgan fingerprint density at radius 1 is 1.29 bits per heavy atom. The molecular formula is C20H27ClN4O2S. The van der Waals surface area contributed by atoms with Gasteiger partial charge in [0, 0.05) is 25.2 Å². The lowest BCUT2D eigenvalue weighted by atomic mass is 9.94. The summed E-state index contributed by atoms with van der Waals surface area (Å²) in [6.45, 7) is 2.24. The number of hydrogen-bond donors (Lipinski definition) is 0. The molecular weight excluding hydrogens is 396 g/mol. The molecule has 6 nitrogen and oxygen atoms in total. The number of benzene rings is 1. The third-order valence-electron chi connectivity index (χ3n) is 5.21. The highest BCUT2D eigenvalue weighted by Gasteiger charge is 2.27. The summed E-state index contributed by atoms with van der Waals surface area (Å²) in [5, 5.41) is 9.63. The second kappa shape index (κ2) is 9.65. The van der Waals surface area contributed by atoms with Crippen LogP contribution in [0.1, 0.15) is 44.9 Å². The average molecular weight is 423 g/mol. The van der Waals surface area contributed by atoms with Gasteiger partial charge in [0.25, 0.3) is 0 Å². The van der Waals surface area contributed by atoms with Crippen LogP contribution in [0.3, 0.4) is 0 Å². The van der Waals surface area contributed by atoms with Crippen LogP contribution in [-0.4, -0.2) is 43.9 Å². The Morgan fingerprint density at radius 3 is 2.64 bits per heavy atom. The van der Waals surface area contributed by atoms with Crippen LogP contribution in [0.25, 0.3) is 0 Å². The Labute approximate surface area is 175 Å². The summed E-state index contributed by atoms with van der Waals surface area (Å²) in [6.07, 6.45) is 5.92. The first-order valence-electron chi connectivity index (χ1n) is 9.65. The first-order valence-corrected chi connectivity index (χ1v) is 10.9. The van der Waals surface area contributed by atoms with Crippen LogP contribution in [-0.2, 0) is 18.4 Å². The van der Waals surface area contributed by atoms with Gasteiger partial charge in [-0.3, -0.25) is 4.79 Å². The van der Waals surface area contributed by atoms with Crippen LogP contribution in [0, 0.1) is 0 Å². The lowest BCUT2D eigenvalue weighted by molar-refractivity contribution is -0.131. The topological polar surface area (TPSA) is 60.3 Å². The molecule has 1 aromatic heterocycles. The van der Waals surface area contributed by atoms with E-state index in [0.717, 1.165) is 18.6 Å². The van der Waals surface area contributed by atoms with E-state index in [1.54, 1.807) is 12.1 Å². The van der Waals surface area contributed by atoms with Crippen molar-refractivity contribution in [3.05, 3.63) is 35.1 Å². The fourth-order valence-electron chi connectivity index (χ4n) is 3.40. The molecule has 0 saturated heterocycles. The lowest BCUT2D eigenvalue weighted by Crippen LogP contribution is -2.42. The largest absolute Gasteiger partial charge is 0.486 e. The Morgan fingerprint density at radius 2 is 1.96 bits per heavy atom. The van der Waals surface area contributed by atoms with E-state index >= 15 is 0 Å². The summed E-state index contributed by atoms with van der Waals surface area (Å²) in [7, 11) is 3.82. The van der Waals surface area contributed by atoms with Crippen molar-refractivity contribution in [3.63, 3.8) is 0 Å². The highest BCUT2D eigenvalue weighted by molar-refractivity contribution is 8.00. The molecule has 0 radical (unpaired) electrons. The minimum Gasteiger partial charge on any atom is -0.486 e. The number of halogens is 1. The molecule has 1 atom stereocenters. The molecule has 0 aliphatic heterocycles. The summed E-state index contributed by atoms with van der Waals surface area (Å²) in [5.41, 5.74) is 0. The first-order chi connectivity index (χ1) is 13.5. The van der Waals surface area contributed by atoms with Crippen molar-refractivity contribution in [1.82, 2.24) is 19.7 Å². The van der Waals surface area contributed by atoms with Crippen LogP contribution < -0.4 is 4.74 Å². The molecule has 1 aromatic carbocycles. The molecule has 1 fully saturated rings. The molecule has 8 heteroatoms. The second-order valence-corrected chi connectivity index (χ2v) is 8.95. The zero-order valence-corrected chi connectivity index (χ0v) is 18.2. The lowest BCUT2D eigenvalue weighted by Gasteiger charge is -2.32.